The molecule has 2 aliphatic heterocycles. The van der Waals surface area contributed by atoms with Gasteiger partial charge in [0.2, 0.25) is 0 Å². The summed E-state index contributed by atoms with van der Waals surface area (Å²) in [6, 6.07) is 7.94. The third-order valence-corrected chi connectivity index (χ3v) is 4.29. The number of carbonyl (C=O) groups excluding carboxylic acids is 1. The molecule has 126 valence electrons. The Kier molecular flexibility index (Phi) is 4.35. The number of benzene rings is 1. The van der Waals surface area contributed by atoms with Gasteiger partial charge >= 0.3 is 0 Å². The molecule has 1 amide bonds. The molecule has 0 spiro atoms. The van der Waals surface area contributed by atoms with Gasteiger partial charge in [0.1, 0.15) is 23.9 Å². The number of aliphatic hydroxyl groups excluding tert-OH is 1. The Morgan fingerprint density at radius 2 is 2.25 bits per heavy atom. The number of nitrogens with one attached hydrogen (secondary N) is 1. The van der Waals surface area contributed by atoms with E-state index >= 15 is 0 Å². The molecule has 0 radical (unpaired) electrons. The van der Waals surface area contributed by atoms with E-state index in [0.717, 1.165) is 23.6 Å². The molecule has 2 aliphatic rings. The molecule has 7 nitrogen and oxygen atoms in total. The van der Waals surface area contributed by atoms with Crippen LogP contribution in [0.15, 0.2) is 45.8 Å². The molecular weight excluding hydrogens is 306 g/mol. The average Bonchev–Trinajstić information content (AvgIpc) is 2.95. The van der Waals surface area contributed by atoms with Crippen molar-refractivity contribution in [3.05, 3.63) is 41.3 Å². The van der Waals surface area contributed by atoms with E-state index in [9.17, 15) is 9.90 Å². The minimum atomic E-state index is -0.569. The Morgan fingerprint density at radius 3 is 2.96 bits per heavy atom. The van der Waals surface area contributed by atoms with Gasteiger partial charge in [-0.2, -0.15) is 0 Å². The highest BCUT2D eigenvalue weighted by Crippen LogP contribution is 2.35. The predicted octanol–water partition coefficient (Wildman–Crippen LogP) is 0.547. The van der Waals surface area contributed by atoms with Crippen LogP contribution in [0.1, 0.15) is 19.4 Å². The van der Waals surface area contributed by atoms with E-state index in [0.29, 0.717) is 12.4 Å². The maximum absolute atomic E-state index is 11.4. The van der Waals surface area contributed by atoms with E-state index in [4.69, 9.17) is 5.73 Å². The number of nitrogens with two attached hydrogens (primary N) is 1. The average molecular weight is 327 g/mol. The predicted molar refractivity (Wildman–Crippen MR) is 93.9 cm³/mol. The fourth-order valence-corrected chi connectivity index (χ4v) is 3.03. The molecule has 0 aliphatic carbocycles. The number of hydrogen-bond donors (Lipinski definition) is 3. The molecule has 0 saturated heterocycles. The number of para-hydroxylation sites is 1. The number of allylic oxidation sites excluding steroid dienone is 1. The van der Waals surface area contributed by atoms with Gasteiger partial charge in [0.05, 0.1) is 18.4 Å². The van der Waals surface area contributed by atoms with Crippen LogP contribution in [0.25, 0.3) is 0 Å². The lowest BCUT2D eigenvalue weighted by Gasteiger charge is -2.32. The second kappa shape index (κ2) is 6.45. The van der Waals surface area contributed by atoms with Crippen LogP contribution < -0.4 is 16.0 Å². The Morgan fingerprint density at radius 1 is 1.50 bits per heavy atom. The van der Waals surface area contributed by atoms with Crippen molar-refractivity contribution in [2.24, 2.45) is 15.7 Å². The molecule has 1 atom stereocenters. The van der Waals surface area contributed by atoms with Gasteiger partial charge < -0.3 is 21.1 Å². The number of anilines is 1. The van der Waals surface area contributed by atoms with E-state index in [1.54, 1.807) is 6.92 Å². The molecule has 1 aromatic rings. The summed E-state index contributed by atoms with van der Waals surface area (Å²) in [5, 5.41) is 13.1. The number of nitrogens with zero attached hydrogens (tertiary/aromatic N) is 3. The van der Waals surface area contributed by atoms with Gasteiger partial charge in [-0.1, -0.05) is 18.2 Å². The van der Waals surface area contributed by atoms with Crippen molar-refractivity contribution in [1.29, 1.82) is 0 Å². The van der Waals surface area contributed by atoms with Crippen LogP contribution in [0.2, 0.25) is 0 Å². The quantitative estimate of drug-likeness (QED) is 0.703. The summed E-state index contributed by atoms with van der Waals surface area (Å²) in [6.07, 6.45) is 0.750. The molecule has 3 rings (SSSR count). The van der Waals surface area contributed by atoms with Crippen LogP contribution in [-0.2, 0) is 11.2 Å². The molecule has 4 N–H and O–H groups in total. The smallest absolute Gasteiger partial charge is 0.262 e. The van der Waals surface area contributed by atoms with Crippen LogP contribution >= 0.6 is 0 Å². The largest absolute Gasteiger partial charge is 0.394 e. The van der Waals surface area contributed by atoms with Gasteiger partial charge in [0.25, 0.3) is 5.91 Å². The second-order valence-corrected chi connectivity index (χ2v) is 5.88. The molecule has 2 heterocycles. The molecule has 0 bridgehead atoms. The zero-order valence-corrected chi connectivity index (χ0v) is 13.8. The van der Waals surface area contributed by atoms with Crippen LogP contribution in [0.3, 0.4) is 0 Å². The Balaban J connectivity index is 2.14. The van der Waals surface area contributed by atoms with Gasteiger partial charge in [0.15, 0.2) is 0 Å². The zero-order valence-electron chi connectivity index (χ0n) is 13.8. The van der Waals surface area contributed by atoms with Gasteiger partial charge in [0, 0.05) is 5.69 Å². The highest BCUT2D eigenvalue weighted by molar-refractivity contribution is 6.38. The molecule has 24 heavy (non-hydrogen) atoms. The zero-order chi connectivity index (χ0) is 17.3. The van der Waals surface area contributed by atoms with Gasteiger partial charge in [-0.25, -0.2) is 4.99 Å². The first-order valence-corrected chi connectivity index (χ1v) is 7.85. The number of aliphatic imine (C=N–C) groups is 2. The third-order valence-electron chi connectivity index (χ3n) is 4.29. The van der Waals surface area contributed by atoms with E-state index in [1.807, 2.05) is 30.0 Å². The first kappa shape index (κ1) is 16.2. The monoisotopic (exact) mass is 327 g/mol. The molecule has 0 aromatic heterocycles. The van der Waals surface area contributed by atoms with Crippen molar-refractivity contribution in [3.8, 4) is 0 Å². The van der Waals surface area contributed by atoms with Crippen LogP contribution in [0.5, 0.6) is 0 Å². The van der Waals surface area contributed by atoms with E-state index in [1.165, 1.54) is 5.56 Å². The SMILES string of the molecule is CC1=NCNC(N2c3ccccc3C[C@@H]2CO)=C1/N=C(\C)C(N)=O. The summed E-state index contributed by atoms with van der Waals surface area (Å²) >= 11 is 0. The lowest BCUT2D eigenvalue weighted by molar-refractivity contribution is -0.112. The second-order valence-electron chi connectivity index (χ2n) is 5.88. The highest BCUT2D eigenvalue weighted by atomic mass is 16.3. The lowest BCUT2D eigenvalue weighted by Crippen LogP contribution is -2.42. The fourth-order valence-electron chi connectivity index (χ4n) is 3.03. The number of carbonyl (C=O) groups is 1. The van der Waals surface area contributed by atoms with Crippen LogP contribution in [0, 0.1) is 0 Å². The molecular formula is C17H21N5O2. The molecule has 7 heteroatoms. The fraction of sp³-hybridized carbons (Fsp3) is 0.353. The number of aliphatic hydroxyl groups is 1. The van der Waals surface area contributed by atoms with Crippen molar-refractivity contribution in [1.82, 2.24) is 5.32 Å². The van der Waals surface area contributed by atoms with Gasteiger partial charge in [-0.3, -0.25) is 9.79 Å². The van der Waals surface area contributed by atoms with E-state index in [-0.39, 0.29) is 18.4 Å². The Hall–Kier alpha value is -2.67. The van der Waals surface area contributed by atoms with Gasteiger partial charge in [-0.05, 0) is 31.9 Å². The van der Waals surface area contributed by atoms with Crippen LogP contribution in [0.4, 0.5) is 5.69 Å². The Bertz CT molecular complexity index is 766. The standard InChI is InChI=1S/C17H21N5O2/c1-10-15(21-11(2)16(18)24)17(20-9-19-10)22-13(8-23)7-12-5-3-4-6-14(12)22/h3-6,13,20,23H,7-9H2,1-2H3,(H2,18,24)/b21-11+/t13-/m1/s1. The molecule has 0 fully saturated rings. The van der Waals surface area contributed by atoms with E-state index < -0.39 is 5.91 Å². The third kappa shape index (κ3) is 2.78. The summed E-state index contributed by atoms with van der Waals surface area (Å²) in [7, 11) is 0. The maximum Gasteiger partial charge on any atom is 0.262 e. The number of hydrogen-bond acceptors (Lipinski definition) is 6. The molecule has 1 aromatic carbocycles. The Labute approximate surface area is 140 Å². The van der Waals surface area contributed by atoms with Crippen molar-refractivity contribution < 1.29 is 9.90 Å². The number of amides is 1. The maximum atomic E-state index is 11.4. The first-order valence-electron chi connectivity index (χ1n) is 7.85. The number of fused-ring (bicyclic) bond motifs is 1. The van der Waals surface area contributed by atoms with Crippen molar-refractivity contribution >= 4 is 23.0 Å². The highest BCUT2D eigenvalue weighted by Gasteiger charge is 2.33. The van der Waals surface area contributed by atoms with Crippen LogP contribution in [-0.4, -0.2) is 41.8 Å². The topological polar surface area (TPSA) is 103 Å². The minimum Gasteiger partial charge on any atom is -0.394 e. The summed E-state index contributed by atoms with van der Waals surface area (Å²) in [5.41, 5.74) is 9.04. The first-order chi connectivity index (χ1) is 11.5. The lowest BCUT2D eigenvalue weighted by atomic mass is 10.1. The van der Waals surface area contributed by atoms with Crippen molar-refractivity contribution in [2.45, 2.75) is 26.3 Å². The summed E-state index contributed by atoms with van der Waals surface area (Å²) in [4.78, 5) is 22.2. The molecule has 0 unspecified atom stereocenters. The van der Waals surface area contributed by atoms with E-state index in [2.05, 4.69) is 21.4 Å². The minimum absolute atomic E-state index is 0.0157. The normalized spacial score (nSPS) is 20.6. The molecule has 0 saturated carbocycles. The summed E-state index contributed by atoms with van der Waals surface area (Å²) in [6.45, 7) is 3.87. The number of rotatable bonds is 4. The van der Waals surface area contributed by atoms with Gasteiger partial charge in [-0.15, -0.1) is 0 Å². The number of primary amides is 1. The summed E-state index contributed by atoms with van der Waals surface area (Å²) in [5.74, 6) is 0.174. The summed E-state index contributed by atoms with van der Waals surface area (Å²) < 4.78 is 0. The van der Waals surface area contributed by atoms with Crippen molar-refractivity contribution in [2.75, 3.05) is 18.2 Å². The van der Waals surface area contributed by atoms with Crippen molar-refractivity contribution in [3.63, 3.8) is 0 Å².